The van der Waals surface area contributed by atoms with Crippen molar-refractivity contribution < 1.29 is 9.90 Å². The van der Waals surface area contributed by atoms with E-state index in [9.17, 15) is 4.79 Å². The highest BCUT2D eigenvalue weighted by Crippen LogP contribution is 2.14. The molecule has 6 nitrogen and oxygen atoms in total. The van der Waals surface area contributed by atoms with E-state index in [1.807, 2.05) is 31.3 Å². The lowest BCUT2D eigenvalue weighted by Gasteiger charge is -2.09. The van der Waals surface area contributed by atoms with Crippen molar-refractivity contribution in [1.29, 1.82) is 0 Å². The van der Waals surface area contributed by atoms with Crippen molar-refractivity contribution in [3.8, 4) is 0 Å². The number of nitrogens with one attached hydrogen (secondary N) is 1. The summed E-state index contributed by atoms with van der Waals surface area (Å²) in [4.78, 5) is 10.8. The summed E-state index contributed by atoms with van der Waals surface area (Å²) < 4.78 is 1.72. The third-order valence-electron chi connectivity index (χ3n) is 3.20. The van der Waals surface area contributed by atoms with Crippen molar-refractivity contribution in [3.05, 3.63) is 41.7 Å². The second-order valence-electron chi connectivity index (χ2n) is 4.84. The summed E-state index contributed by atoms with van der Waals surface area (Å²) in [6.07, 6.45) is 2.26. The summed E-state index contributed by atoms with van der Waals surface area (Å²) in [6.45, 7) is 2.36. The molecule has 0 fully saturated rings. The third-order valence-corrected chi connectivity index (χ3v) is 3.20. The van der Waals surface area contributed by atoms with Crippen LogP contribution in [0, 0.1) is 5.92 Å². The van der Waals surface area contributed by atoms with E-state index >= 15 is 0 Å². The maximum atomic E-state index is 10.8. The van der Waals surface area contributed by atoms with Gasteiger partial charge in [-0.1, -0.05) is 24.3 Å². The Hall–Kier alpha value is -2.37. The standard InChI is InChI=1S/C14H18N4O2/c1-10(14(19)20)7-11-3-5-12(6-4-11)15-8-13-9-16-17-18(13)2/h3-6,9-10,15H,7-8H2,1-2H3,(H,19,20). The molecule has 2 rings (SSSR count). The van der Waals surface area contributed by atoms with Crippen LogP contribution in [0.2, 0.25) is 0 Å². The van der Waals surface area contributed by atoms with Gasteiger partial charge in [-0.3, -0.25) is 9.48 Å². The minimum Gasteiger partial charge on any atom is -0.481 e. The van der Waals surface area contributed by atoms with Gasteiger partial charge in [0.1, 0.15) is 0 Å². The molecule has 1 aromatic heterocycles. The van der Waals surface area contributed by atoms with Gasteiger partial charge in [0.15, 0.2) is 0 Å². The van der Waals surface area contributed by atoms with Gasteiger partial charge in [0.2, 0.25) is 0 Å². The molecule has 2 aromatic rings. The molecule has 0 saturated heterocycles. The molecule has 0 aliphatic carbocycles. The predicted octanol–water partition coefficient (Wildman–Crippen LogP) is 1.69. The van der Waals surface area contributed by atoms with Crippen molar-refractivity contribution >= 4 is 11.7 Å². The monoisotopic (exact) mass is 274 g/mol. The van der Waals surface area contributed by atoms with Crippen LogP contribution in [0.1, 0.15) is 18.2 Å². The lowest BCUT2D eigenvalue weighted by molar-refractivity contribution is -0.141. The van der Waals surface area contributed by atoms with E-state index < -0.39 is 5.97 Å². The van der Waals surface area contributed by atoms with Gasteiger partial charge < -0.3 is 10.4 Å². The van der Waals surface area contributed by atoms with Crippen LogP contribution in [-0.4, -0.2) is 26.1 Å². The first-order valence-electron chi connectivity index (χ1n) is 6.45. The molecule has 1 unspecified atom stereocenters. The van der Waals surface area contributed by atoms with Crippen molar-refractivity contribution in [1.82, 2.24) is 15.0 Å². The highest BCUT2D eigenvalue weighted by Gasteiger charge is 2.11. The number of carbonyl (C=O) groups is 1. The van der Waals surface area contributed by atoms with Gasteiger partial charge in [0.05, 0.1) is 24.4 Å². The Morgan fingerprint density at radius 3 is 2.65 bits per heavy atom. The number of aromatic nitrogens is 3. The van der Waals surface area contributed by atoms with Gasteiger partial charge in [0.25, 0.3) is 0 Å². The first kappa shape index (κ1) is 14.0. The number of benzene rings is 1. The zero-order valence-corrected chi connectivity index (χ0v) is 11.6. The molecule has 1 heterocycles. The van der Waals surface area contributed by atoms with Gasteiger partial charge in [-0.05, 0) is 24.1 Å². The number of carboxylic acid groups (broad SMARTS) is 1. The number of nitrogens with zero attached hydrogens (tertiary/aromatic N) is 3. The largest absolute Gasteiger partial charge is 0.481 e. The van der Waals surface area contributed by atoms with E-state index in [0.717, 1.165) is 16.9 Å². The van der Waals surface area contributed by atoms with Crippen molar-refractivity contribution in [3.63, 3.8) is 0 Å². The maximum Gasteiger partial charge on any atom is 0.306 e. The highest BCUT2D eigenvalue weighted by atomic mass is 16.4. The van der Waals surface area contributed by atoms with Crippen LogP contribution in [-0.2, 0) is 24.8 Å². The maximum absolute atomic E-state index is 10.8. The Morgan fingerprint density at radius 1 is 1.40 bits per heavy atom. The Morgan fingerprint density at radius 2 is 2.10 bits per heavy atom. The minimum atomic E-state index is -0.768. The number of rotatable bonds is 6. The number of aliphatic carboxylic acids is 1. The topological polar surface area (TPSA) is 80.0 Å². The van der Waals surface area contributed by atoms with Gasteiger partial charge in [-0.2, -0.15) is 0 Å². The van der Waals surface area contributed by atoms with Crippen LogP contribution in [0.15, 0.2) is 30.5 Å². The van der Waals surface area contributed by atoms with E-state index in [1.165, 1.54) is 0 Å². The summed E-state index contributed by atoms with van der Waals surface area (Å²) in [5, 5.41) is 19.8. The Kier molecular flexibility index (Phi) is 4.34. The molecule has 1 aromatic carbocycles. The summed E-state index contributed by atoms with van der Waals surface area (Å²) in [7, 11) is 1.85. The number of carboxylic acids is 1. The lowest BCUT2D eigenvalue weighted by atomic mass is 10.0. The van der Waals surface area contributed by atoms with E-state index in [0.29, 0.717) is 13.0 Å². The molecule has 0 amide bonds. The SMILES string of the molecule is CC(Cc1ccc(NCc2cnnn2C)cc1)C(=O)O. The average molecular weight is 274 g/mol. The Bertz CT molecular complexity index is 577. The fraction of sp³-hybridized carbons (Fsp3) is 0.357. The second-order valence-corrected chi connectivity index (χ2v) is 4.84. The van der Waals surface area contributed by atoms with Gasteiger partial charge in [0, 0.05) is 12.7 Å². The van der Waals surface area contributed by atoms with Gasteiger partial charge in [-0.15, -0.1) is 5.10 Å². The molecule has 6 heteroatoms. The second kappa shape index (κ2) is 6.18. The summed E-state index contributed by atoms with van der Waals surface area (Å²) in [5.74, 6) is -1.13. The Balaban J connectivity index is 1.91. The van der Waals surface area contributed by atoms with Crippen LogP contribution >= 0.6 is 0 Å². The average Bonchev–Trinajstić information content (AvgIpc) is 2.83. The quantitative estimate of drug-likeness (QED) is 0.838. The molecule has 0 radical (unpaired) electrons. The highest BCUT2D eigenvalue weighted by molar-refractivity contribution is 5.69. The van der Waals surface area contributed by atoms with Crippen LogP contribution in [0.5, 0.6) is 0 Å². The minimum absolute atomic E-state index is 0.366. The fourth-order valence-electron chi connectivity index (χ4n) is 1.86. The summed E-state index contributed by atoms with van der Waals surface area (Å²) in [6, 6.07) is 7.80. The molecule has 0 saturated carbocycles. The van der Waals surface area contributed by atoms with Crippen molar-refractivity contribution in [2.45, 2.75) is 19.9 Å². The van der Waals surface area contributed by atoms with Gasteiger partial charge >= 0.3 is 5.97 Å². The molecular weight excluding hydrogens is 256 g/mol. The molecule has 1 atom stereocenters. The zero-order valence-electron chi connectivity index (χ0n) is 11.6. The first-order valence-corrected chi connectivity index (χ1v) is 6.45. The molecule has 0 bridgehead atoms. The predicted molar refractivity (Wildman–Crippen MR) is 75.3 cm³/mol. The smallest absolute Gasteiger partial charge is 0.306 e. The number of anilines is 1. The molecule has 0 spiro atoms. The summed E-state index contributed by atoms with van der Waals surface area (Å²) in [5.41, 5.74) is 3.00. The van der Waals surface area contributed by atoms with E-state index in [-0.39, 0.29) is 5.92 Å². The van der Waals surface area contributed by atoms with Crippen molar-refractivity contribution in [2.24, 2.45) is 13.0 Å². The van der Waals surface area contributed by atoms with E-state index in [1.54, 1.807) is 17.8 Å². The first-order chi connectivity index (χ1) is 9.56. The molecule has 2 N–H and O–H groups in total. The van der Waals surface area contributed by atoms with E-state index in [4.69, 9.17) is 5.11 Å². The van der Waals surface area contributed by atoms with E-state index in [2.05, 4.69) is 15.6 Å². The number of aryl methyl sites for hydroxylation is 1. The third kappa shape index (κ3) is 3.57. The molecule has 20 heavy (non-hydrogen) atoms. The Labute approximate surface area is 117 Å². The van der Waals surface area contributed by atoms with Crippen LogP contribution in [0.4, 0.5) is 5.69 Å². The lowest BCUT2D eigenvalue weighted by Crippen LogP contribution is -2.12. The fourth-order valence-corrected chi connectivity index (χ4v) is 1.86. The zero-order chi connectivity index (χ0) is 14.5. The molecular formula is C14H18N4O2. The molecule has 0 aliphatic rings. The summed E-state index contributed by atoms with van der Waals surface area (Å²) >= 11 is 0. The van der Waals surface area contributed by atoms with Gasteiger partial charge in [-0.25, -0.2) is 0 Å². The van der Waals surface area contributed by atoms with Crippen LogP contribution < -0.4 is 5.32 Å². The van der Waals surface area contributed by atoms with Crippen LogP contribution in [0.3, 0.4) is 0 Å². The number of hydrogen-bond donors (Lipinski definition) is 2. The van der Waals surface area contributed by atoms with Crippen LogP contribution in [0.25, 0.3) is 0 Å². The number of hydrogen-bond acceptors (Lipinski definition) is 4. The van der Waals surface area contributed by atoms with Crippen molar-refractivity contribution in [2.75, 3.05) is 5.32 Å². The normalized spacial score (nSPS) is 12.1. The molecule has 0 aliphatic heterocycles. The molecule has 106 valence electrons.